The van der Waals surface area contributed by atoms with Crippen molar-refractivity contribution in [1.29, 1.82) is 0 Å². The Hall–Kier alpha value is -1.06. The number of carbonyl (C=O) groups is 2. The smallest absolute Gasteiger partial charge is 0.305 e. The van der Waals surface area contributed by atoms with Gasteiger partial charge in [-0.3, -0.25) is 9.59 Å². The summed E-state index contributed by atoms with van der Waals surface area (Å²) >= 11 is 0. The summed E-state index contributed by atoms with van der Waals surface area (Å²) in [6, 6.07) is -0.118. The van der Waals surface area contributed by atoms with Crippen LogP contribution >= 0.6 is 0 Å². The fourth-order valence-corrected chi connectivity index (χ4v) is 2.07. The second-order valence-corrected chi connectivity index (χ2v) is 4.06. The van der Waals surface area contributed by atoms with Crippen molar-refractivity contribution in [2.45, 2.75) is 51.5 Å². The number of carboxylic acid groups (broad SMARTS) is 1. The van der Waals surface area contributed by atoms with E-state index in [2.05, 4.69) is 0 Å². The van der Waals surface area contributed by atoms with Crippen molar-refractivity contribution in [2.75, 3.05) is 6.54 Å². The third-order valence-electron chi connectivity index (χ3n) is 2.93. The molecule has 0 aliphatic carbocycles. The molecule has 1 N–H and O–H groups in total. The Morgan fingerprint density at radius 2 is 2.20 bits per heavy atom. The average molecular weight is 213 g/mol. The first kappa shape index (κ1) is 12.0. The van der Waals surface area contributed by atoms with Crippen LogP contribution in [0.2, 0.25) is 0 Å². The van der Waals surface area contributed by atoms with Crippen LogP contribution in [-0.4, -0.2) is 34.5 Å². The quantitative estimate of drug-likeness (QED) is 0.772. The van der Waals surface area contributed by atoms with Crippen molar-refractivity contribution >= 4 is 11.9 Å². The highest BCUT2D eigenvalue weighted by molar-refractivity contribution is 5.77. The van der Waals surface area contributed by atoms with Crippen LogP contribution in [0.5, 0.6) is 0 Å². The molecule has 0 aromatic heterocycles. The van der Waals surface area contributed by atoms with Crippen molar-refractivity contribution in [3.63, 3.8) is 0 Å². The molecule has 0 bridgehead atoms. The number of amides is 1. The maximum Gasteiger partial charge on any atom is 0.305 e. The molecule has 86 valence electrons. The number of aliphatic carboxylic acids is 1. The summed E-state index contributed by atoms with van der Waals surface area (Å²) in [5.41, 5.74) is 0. The molecule has 1 aliphatic heterocycles. The number of carbonyl (C=O) groups excluding carboxylic acids is 1. The molecule has 0 aromatic rings. The van der Waals surface area contributed by atoms with E-state index in [-0.39, 0.29) is 18.4 Å². The van der Waals surface area contributed by atoms with Gasteiger partial charge in [-0.1, -0.05) is 13.3 Å². The van der Waals surface area contributed by atoms with Crippen LogP contribution in [0.15, 0.2) is 0 Å². The number of hydrogen-bond acceptors (Lipinski definition) is 2. The highest BCUT2D eigenvalue weighted by Gasteiger charge is 2.25. The summed E-state index contributed by atoms with van der Waals surface area (Å²) in [6.07, 6.45) is 4.39. The molecule has 1 atom stereocenters. The first-order valence-electron chi connectivity index (χ1n) is 5.66. The predicted octanol–water partition coefficient (Wildman–Crippen LogP) is 1.64. The SMILES string of the molecule is CCC(CC(=O)O)N1CCCCCC1=O. The van der Waals surface area contributed by atoms with Gasteiger partial charge in [-0.05, 0) is 19.3 Å². The minimum absolute atomic E-state index is 0.0717. The van der Waals surface area contributed by atoms with Crippen LogP contribution in [-0.2, 0) is 9.59 Å². The van der Waals surface area contributed by atoms with Crippen LogP contribution in [0.1, 0.15) is 45.4 Å². The van der Waals surface area contributed by atoms with Crippen molar-refractivity contribution < 1.29 is 14.7 Å². The zero-order chi connectivity index (χ0) is 11.3. The molecular formula is C11H19NO3. The standard InChI is InChI=1S/C11H19NO3/c1-2-9(8-11(14)15)12-7-5-3-4-6-10(12)13/h9H,2-8H2,1H3,(H,14,15). The van der Waals surface area contributed by atoms with E-state index >= 15 is 0 Å². The monoisotopic (exact) mass is 213 g/mol. The van der Waals surface area contributed by atoms with E-state index in [4.69, 9.17) is 5.11 Å². The molecule has 1 rings (SSSR count). The van der Waals surface area contributed by atoms with E-state index in [9.17, 15) is 9.59 Å². The maximum atomic E-state index is 11.7. The zero-order valence-electron chi connectivity index (χ0n) is 9.24. The summed E-state index contributed by atoms with van der Waals surface area (Å²) in [6.45, 7) is 2.66. The molecule has 0 radical (unpaired) electrons. The van der Waals surface area contributed by atoms with E-state index in [1.165, 1.54) is 0 Å². The Morgan fingerprint density at radius 1 is 1.47 bits per heavy atom. The fraction of sp³-hybridized carbons (Fsp3) is 0.818. The van der Waals surface area contributed by atoms with Gasteiger partial charge in [-0.25, -0.2) is 0 Å². The van der Waals surface area contributed by atoms with Gasteiger partial charge in [-0.15, -0.1) is 0 Å². The van der Waals surface area contributed by atoms with E-state index in [0.717, 1.165) is 32.2 Å². The summed E-state index contributed by atoms with van der Waals surface area (Å²) in [5, 5.41) is 8.76. The minimum atomic E-state index is -0.820. The second kappa shape index (κ2) is 5.73. The van der Waals surface area contributed by atoms with Crippen LogP contribution in [0.4, 0.5) is 0 Å². The van der Waals surface area contributed by atoms with Crippen LogP contribution in [0.25, 0.3) is 0 Å². The van der Waals surface area contributed by atoms with Crippen LogP contribution < -0.4 is 0 Å². The molecule has 15 heavy (non-hydrogen) atoms. The summed E-state index contributed by atoms with van der Waals surface area (Å²) in [4.78, 5) is 24.2. The molecule has 1 saturated heterocycles. The molecule has 4 nitrogen and oxygen atoms in total. The van der Waals surface area contributed by atoms with Gasteiger partial charge >= 0.3 is 5.97 Å². The molecule has 4 heteroatoms. The van der Waals surface area contributed by atoms with Crippen molar-refractivity contribution in [3.05, 3.63) is 0 Å². The van der Waals surface area contributed by atoms with E-state index < -0.39 is 5.97 Å². The first-order valence-corrected chi connectivity index (χ1v) is 5.66. The minimum Gasteiger partial charge on any atom is -0.481 e. The Kier molecular flexibility index (Phi) is 4.59. The molecule has 1 aliphatic rings. The van der Waals surface area contributed by atoms with Crippen LogP contribution in [0.3, 0.4) is 0 Å². The van der Waals surface area contributed by atoms with E-state index in [1.807, 2.05) is 6.92 Å². The number of hydrogen-bond donors (Lipinski definition) is 1. The van der Waals surface area contributed by atoms with Crippen molar-refractivity contribution in [3.8, 4) is 0 Å². The van der Waals surface area contributed by atoms with E-state index in [0.29, 0.717) is 6.42 Å². The normalized spacial score (nSPS) is 19.8. The van der Waals surface area contributed by atoms with Crippen molar-refractivity contribution in [2.24, 2.45) is 0 Å². The summed E-state index contributed by atoms with van der Waals surface area (Å²) in [5.74, 6) is -0.695. The molecule has 1 heterocycles. The largest absolute Gasteiger partial charge is 0.481 e. The lowest BCUT2D eigenvalue weighted by molar-refractivity contribution is -0.140. The molecule has 1 amide bonds. The molecule has 0 spiro atoms. The van der Waals surface area contributed by atoms with Gasteiger partial charge in [-0.2, -0.15) is 0 Å². The number of rotatable bonds is 4. The average Bonchev–Trinajstić information content (AvgIpc) is 2.39. The maximum absolute atomic E-state index is 11.7. The Labute approximate surface area is 90.3 Å². The third-order valence-corrected chi connectivity index (χ3v) is 2.93. The molecule has 1 unspecified atom stereocenters. The van der Waals surface area contributed by atoms with Gasteiger partial charge in [0.1, 0.15) is 0 Å². The van der Waals surface area contributed by atoms with Gasteiger partial charge in [0.15, 0.2) is 0 Å². The van der Waals surface area contributed by atoms with Gasteiger partial charge in [0.25, 0.3) is 0 Å². The second-order valence-electron chi connectivity index (χ2n) is 4.06. The van der Waals surface area contributed by atoms with Gasteiger partial charge in [0.05, 0.1) is 6.42 Å². The summed E-state index contributed by atoms with van der Waals surface area (Å²) < 4.78 is 0. The number of likely N-dealkylation sites (tertiary alicyclic amines) is 1. The molecular weight excluding hydrogens is 194 g/mol. The lowest BCUT2D eigenvalue weighted by atomic mass is 10.1. The third kappa shape index (κ3) is 3.53. The molecule has 1 fully saturated rings. The Morgan fingerprint density at radius 3 is 2.80 bits per heavy atom. The highest BCUT2D eigenvalue weighted by atomic mass is 16.4. The number of nitrogens with zero attached hydrogens (tertiary/aromatic N) is 1. The Bertz CT molecular complexity index is 240. The highest BCUT2D eigenvalue weighted by Crippen LogP contribution is 2.17. The predicted molar refractivity (Wildman–Crippen MR) is 56.5 cm³/mol. The summed E-state index contributed by atoms with van der Waals surface area (Å²) in [7, 11) is 0. The fourth-order valence-electron chi connectivity index (χ4n) is 2.07. The van der Waals surface area contributed by atoms with Crippen molar-refractivity contribution in [1.82, 2.24) is 4.90 Å². The topological polar surface area (TPSA) is 57.6 Å². The first-order chi connectivity index (χ1) is 7.15. The lowest BCUT2D eigenvalue weighted by Gasteiger charge is -2.29. The van der Waals surface area contributed by atoms with E-state index in [1.54, 1.807) is 4.90 Å². The lowest BCUT2D eigenvalue weighted by Crippen LogP contribution is -2.40. The zero-order valence-corrected chi connectivity index (χ0v) is 9.24. The van der Waals surface area contributed by atoms with Gasteiger partial charge in [0.2, 0.25) is 5.91 Å². The Balaban J connectivity index is 2.62. The van der Waals surface area contributed by atoms with Gasteiger partial charge < -0.3 is 10.0 Å². The van der Waals surface area contributed by atoms with Crippen LogP contribution in [0, 0.1) is 0 Å². The molecule has 0 aromatic carbocycles. The molecule has 0 saturated carbocycles. The van der Waals surface area contributed by atoms with Gasteiger partial charge in [0, 0.05) is 19.0 Å². The number of carboxylic acids is 1.